The van der Waals surface area contributed by atoms with Gasteiger partial charge < -0.3 is 9.47 Å². The Morgan fingerprint density at radius 2 is 2.06 bits per heavy atom. The van der Waals surface area contributed by atoms with Crippen LogP contribution in [0.2, 0.25) is 0 Å². The van der Waals surface area contributed by atoms with Crippen LogP contribution in [0, 0.1) is 6.92 Å². The molecule has 0 bridgehead atoms. The number of aryl methyl sites for hydroxylation is 1. The summed E-state index contributed by atoms with van der Waals surface area (Å²) >= 11 is 3.47. The summed E-state index contributed by atoms with van der Waals surface area (Å²) in [5.41, 5.74) is 2.39. The van der Waals surface area contributed by atoms with E-state index in [2.05, 4.69) is 54.0 Å². The first-order valence-electron chi connectivity index (χ1n) is 6.11. The second kappa shape index (κ2) is 5.51. The van der Waals surface area contributed by atoms with Crippen molar-refractivity contribution in [3.63, 3.8) is 0 Å². The largest absolute Gasteiger partial charge is 0.343 e. The highest BCUT2D eigenvalue weighted by atomic mass is 79.9. The lowest BCUT2D eigenvalue weighted by molar-refractivity contribution is -0.180. The highest BCUT2D eigenvalue weighted by Gasteiger charge is 2.40. The maximum absolute atomic E-state index is 6.03. The Labute approximate surface area is 111 Å². The molecule has 3 heteroatoms. The van der Waals surface area contributed by atoms with Crippen molar-refractivity contribution >= 4 is 15.9 Å². The van der Waals surface area contributed by atoms with E-state index in [1.807, 2.05) is 0 Å². The summed E-state index contributed by atoms with van der Waals surface area (Å²) in [4.78, 5) is 0. The van der Waals surface area contributed by atoms with Gasteiger partial charge in [0.2, 0.25) is 0 Å². The molecule has 1 fully saturated rings. The van der Waals surface area contributed by atoms with Crippen LogP contribution >= 0.6 is 15.9 Å². The SMILES string of the molecule is Cc1ccc(C2(CCCBr)OCC(C)O2)cc1. The van der Waals surface area contributed by atoms with Crippen LogP contribution in [0.15, 0.2) is 24.3 Å². The Bertz CT molecular complexity index is 363. The van der Waals surface area contributed by atoms with Gasteiger partial charge in [-0.25, -0.2) is 0 Å². The van der Waals surface area contributed by atoms with Crippen molar-refractivity contribution in [1.82, 2.24) is 0 Å². The summed E-state index contributed by atoms with van der Waals surface area (Å²) < 4.78 is 12.0. The Morgan fingerprint density at radius 3 is 2.59 bits per heavy atom. The molecule has 0 radical (unpaired) electrons. The molecule has 1 heterocycles. The molecule has 2 unspecified atom stereocenters. The third-order valence-corrected chi connectivity index (χ3v) is 3.63. The van der Waals surface area contributed by atoms with Crippen molar-refractivity contribution in [1.29, 1.82) is 0 Å². The summed E-state index contributed by atoms with van der Waals surface area (Å²) in [6, 6.07) is 8.45. The zero-order valence-corrected chi connectivity index (χ0v) is 12.0. The van der Waals surface area contributed by atoms with Crippen molar-refractivity contribution < 1.29 is 9.47 Å². The Morgan fingerprint density at radius 1 is 1.35 bits per heavy atom. The Balaban J connectivity index is 2.23. The zero-order chi connectivity index (χ0) is 12.3. The van der Waals surface area contributed by atoms with Gasteiger partial charge in [0, 0.05) is 17.3 Å². The number of ether oxygens (including phenoxy) is 2. The van der Waals surface area contributed by atoms with E-state index in [9.17, 15) is 0 Å². The van der Waals surface area contributed by atoms with E-state index in [1.54, 1.807) is 0 Å². The average molecular weight is 299 g/mol. The Hall–Kier alpha value is -0.380. The molecule has 0 saturated carbocycles. The molecule has 1 aromatic carbocycles. The van der Waals surface area contributed by atoms with Crippen molar-refractivity contribution in [2.75, 3.05) is 11.9 Å². The van der Waals surface area contributed by atoms with Crippen molar-refractivity contribution in [2.24, 2.45) is 0 Å². The summed E-state index contributed by atoms with van der Waals surface area (Å²) in [5.74, 6) is -0.527. The third-order valence-electron chi connectivity index (χ3n) is 3.07. The summed E-state index contributed by atoms with van der Waals surface area (Å²) in [6.45, 7) is 4.83. The molecule has 2 atom stereocenters. The molecule has 0 N–H and O–H groups in total. The van der Waals surface area contributed by atoms with Crippen LogP contribution < -0.4 is 0 Å². The fraction of sp³-hybridized carbons (Fsp3) is 0.571. The minimum absolute atomic E-state index is 0.173. The molecule has 0 aromatic heterocycles. The summed E-state index contributed by atoms with van der Waals surface area (Å²) in [7, 11) is 0. The van der Waals surface area contributed by atoms with E-state index >= 15 is 0 Å². The summed E-state index contributed by atoms with van der Waals surface area (Å²) in [6.07, 6.45) is 2.11. The minimum Gasteiger partial charge on any atom is -0.343 e. The van der Waals surface area contributed by atoms with E-state index in [0.29, 0.717) is 6.61 Å². The molecular formula is C14H19BrO2. The molecule has 1 aliphatic rings. The van der Waals surface area contributed by atoms with Gasteiger partial charge in [-0.2, -0.15) is 0 Å². The first kappa shape index (κ1) is 13.1. The van der Waals surface area contributed by atoms with Crippen LogP contribution in [0.1, 0.15) is 30.9 Å². The van der Waals surface area contributed by atoms with E-state index in [0.717, 1.165) is 23.7 Å². The third kappa shape index (κ3) is 2.90. The lowest BCUT2D eigenvalue weighted by Gasteiger charge is -2.28. The topological polar surface area (TPSA) is 18.5 Å². The van der Waals surface area contributed by atoms with E-state index in [-0.39, 0.29) is 6.10 Å². The second-order valence-corrected chi connectivity index (χ2v) is 5.44. The smallest absolute Gasteiger partial charge is 0.195 e. The molecule has 17 heavy (non-hydrogen) atoms. The molecule has 1 aliphatic heterocycles. The van der Waals surface area contributed by atoms with Crippen LogP contribution in [0.4, 0.5) is 0 Å². The lowest BCUT2D eigenvalue weighted by Crippen LogP contribution is -2.28. The van der Waals surface area contributed by atoms with Gasteiger partial charge in [-0.3, -0.25) is 0 Å². The predicted octanol–water partition coefficient (Wildman–Crippen LogP) is 3.76. The maximum Gasteiger partial charge on any atom is 0.195 e. The highest BCUT2D eigenvalue weighted by molar-refractivity contribution is 9.09. The van der Waals surface area contributed by atoms with E-state index in [4.69, 9.17) is 9.47 Å². The van der Waals surface area contributed by atoms with Crippen LogP contribution in [-0.2, 0) is 15.3 Å². The quantitative estimate of drug-likeness (QED) is 0.788. The average Bonchev–Trinajstić information content (AvgIpc) is 2.70. The minimum atomic E-state index is -0.527. The molecule has 94 valence electrons. The highest BCUT2D eigenvalue weighted by Crippen LogP contribution is 2.38. The lowest BCUT2D eigenvalue weighted by atomic mass is 10.00. The molecule has 0 aliphatic carbocycles. The fourth-order valence-electron chi connectivity index (χ4n) is 2.18. The Kier molecular flexibility index (Phi) is 4.23. The normalized spacial score (nSPS) is 28.5. The van der Waals surface area contributed by atoms with Crippen molar-refractivity contribution in [2.45, 2.75) is 38.6 Å². The monoisotopic (exact) mass is 298 g/mol. The number of alkyl halides is 1. The van der Waals surface area contributed by atoms with Gasteiger partial charge >= 0.3 is 0 Å². The molecule has 1 aromatic rings. The van der Waals surface area contributed by atoms with Gasteiger partial charge in [-0.1, -0.05) is 45.8 Å². The van der Waals surface area contributed by atoms with Gasteiger partial charge in [0.05, 0.1) is 12.7 Å². The zero-order valence-electron chi connectivity index (χ0n) is 10.4. The van der Waals surface area contributed by atoms with Gasteiger partial charge in [0.25, 0.3) is 0 Å². The van der Waals surface area contributed by atoms with Crippen molar-refractivity contribution in [3.8, 4) is 0 Å². The number of rotatable bonds is 4. The number of halogens is 1. The van der Waals surface area contributed by atoms with Crippen molar-refractivity contribution in [3.05, 3.63) is 35.4 Å². The summed E-state index contributed by atoms with van der Waals surface area (Å²) in [5, 5.41) is 0.974. The first-order chi connectivity index (χ1) is 8.16. The molecule has 2 rings (SSSR count). The number of hydrogen-bond donors (Lipinski definition) is 0. The number of benzene rings is 1. The molecule has 2 nitrogen and oxygen atoms in total. The molecule has 0 amide bonds. The molecule has 0 spiro atoms. The van der Waals surface area contributed by atoms with Crippen LogP contribution in [-0.4, -0.2) is 18.0 Å². The van der Waals surface area contributed by atoms with Gasteiger partial charge in [0.1, 0.15) is 0 Å². The van der Waals surface area contributed by atoms with Crippen LogP contribution in [0.5, 0.6) is 0 Å². The van der Waals surface area contributed by atoms with Crippen LogP contribution in [0.25, 0.3) is 0 Å². The van der Waals surface area contributed by atoms with Crippen LogP contribution in [0.3, 0.4) is 0 Å². The fourth-order valence-corrected chi connectivity index (χ4v) is 2.46. The standard InChI is InChI=1S/C14H19BrO2/c1-11-4-6-13(7-5-11)14(8-3-9-15)16-10-12(2)17-14/h4-7,12H,3,8-10H2,1-2H3. The molecule has 1 saturated heterocycles. The maximum atomic E-state index is 6.03. The second-order valence-electron chi connectivity index (χ2n) is 4.65. The van der Waals surface area contributed by atoms with Gasteiger partial charge in [0.15, 0.2) is 5.79 Å². The van der Waals surface area contributed by atoms with Gasteiger partial charge in [-0.15, -0.1) is 0 Å². The van der Waals surface area contributed by atoms with E-state index in [1.165, 1.54) is 5.56 Å². The molecular weight excluding hydrogens is 280 g/mol. The predicted molar refractivity (Wildman–Crippen MR) is 72.4 cm³/mol. The van der Waals surface area contributed by atoms with E-state index < -0.39 is 5.79 Å². The first-order valence-corrected chi connectivity index (χ1v) is 7.23. The van der Waals surface area contributed by atoms with Gasteiger partial charge in [-0.05, 0) is 20.3 Å². The number of hydrogen-bond acceptors (Lipinski definition) is 2.